The number of benzene rings is 1. The van der Waals surface area contributed by atoms with Crippen molar-refractivity contribution in [1.29, 1.82) is 0 Å². The van der Waals surface area contributed by atoms with Gasteiger partial charge in [0.05, 0.1) is 0 Å². The summed E-state index contributed by atoms with van der Waals surface area (Å²) in [6, 6.07) is 8.94. The molecule has 16 heavy (non-hydrogen) atoms. The third-order valence-corrected chi connectivity index (χ3v) is 3.84. The molecule has 2 unspecified atom stereocenters. The summed E-state index contributed by atoms with van der Waals surface area (Å²) in [6.45, 7) is 6.96. The van der Waals surface area contributed by atoms with Crippen LogP contribution in [0.25, 0.3) is 0 Å². The molecule has 2 nitrogen and oxygen atoms in total. The van der Waals surface area contributed by atoms with Gasteiger partial charge in [-0.25, -0.2) is 0 Å². The fourth-order valence-electron chi connectivity index (χ4n) is 2.57. The van der Waals surface area contributed by atoms with Gasteiger partial charge in [-0.05, 0) is 49.9 Å². The fraction of sp³-hybridized carbons (Fsp3) is 0.571. The highest BCUT2D eigenvalue weighted by atomic mass is 15.2. The minimum absolute atomic E-state index is 0.690. The number of nitrogen functional groups attached to an aromatic ring is 1. The van der Waals surface area contributed by atoms with Gasteiger partial charge >= 0.3 is 0 Å². The Labute approximate surface area is 98.4 Å². The summed E-state index contributed by atoms with van der Waals surface area (Å²) in [7, 11) is 0. The molecule has 2 atom stereocenters. The summed E-state index contributed by atoms with van der Waals surface area (Å²) in [5.41, 5.74) is 8.01. The van der Waals surface area contributed by atoms with Gasteiger partial charge < -0.3 is 5.73 Å². The number of hydrogen-bond donors (Lipinski definition) is 1. The Morgan fingerprint density at radius 1 is 1.38 bits per heavy atom. The van der Waals surface area contributed by atoms with Gasteiger partial charge in [0.1, 0.15) is 0 Å². The van der Waals surface area contributed by atoms with Gasteiger partial charge in [-0.2, -0.15) is 0 Å². The van der Waals surface area contributed by atoms with E-state index in [0.29, 0.717) is 6.04 Å². The Balaban J connectivity index is 2.03. The molecule has 2 rings (SSSR count). The van der Waals surface area contributed by atoms with Gasteiger partial charge in [0.2, 0.25) is 0 Å². The zero-order chi connectivity index (χ0) is 11.5. The Kier molecular flexibility index (Phi) is 3.49. The van der Waals surface area contributed by atoms with Crippen LogP contribution in [0.1, 0.15) is 32.3 Å². The first-order chi connectivity index (χ1) is 7.66. The van der Waals surface area contributed by atoms with Crippen LogP contribution in [0.5, 0.6) is 0 Å². The van der Waals surface area contributed by atoms with Crippen molar-refractivity contribution in [2.75, 3.05) is 12.3 Å². The molecule has 1 aliphatic heterocycles. The van der Waals surface area contributed by atoms with Crippen molar-refractivity contribution in [1.82, 2.24) is 4.90 Å². The zero-order valence-electron chi connectivity index (χ0n) is 10.3. The second-order valence-electron chi connectivity index (χ2n) is 5.08. The monoisotopic (exact) mass is 218 g/mol. The van der Waals surface area contributed by atoms with Crippen molar-refractivity contribution < 1.29 is 0 Å². The van der Waals surface area contributed by atoms with E-state index in [2.05, 4.69) is 30.9 Å². The van der Waals surface area contributed by atoms with E-state index in [-0.39, 0.29) is 0 Å². The maximum absolute atomic E-state index is 5.81. The first-order valence-electron chi connectivity index (χ1n) is 6.25. The van der Waals surface area contributed by atoms with Crippen LogP contribution in [0.15, 0.2) is 24.3 Å². The number of likely N-dealkylation sites (tertiary alicyclic amines) is 1. The second kappa shape index (κ2) is 4.88. The lowest BCUT2D eigenvalue weighted by molar-refractivity contribution is 0.106. The lowest BCUT2D eigenvalue weighted by Crippen LogP contribution is -2.41. The van der Waals surface area contributed by atoms with Crippen LogP contribution in [0, 0.1) is 5.92 Å². The molecule has 1 aromatic rings. The Hall–Kier alpha value is -1.02. The molecule has 0 amide bonds. The lowest BCUT2D eigenvalue weighted by atomic mass is 9.92. The molecule has 0 radical (unpaired) electrons. The molecule has 1 heterocycles. The van der Waals surface area contributed by atoms with Crippen LogP contribution in [0.2, 0.25) is 0 Å². The van der Waals surface area contributed by atoms with E-state index in [9.17, 15) is 0 Å². The third-order valence-electron chi connectivity index (χ3n) is 3.84. The molecule has 0 bridgehead atoms. The first-order valence-corrected chi connectivity index (χ1v) is 6.25. The third kappa shape index (κ3) is 2.56. The lowest BCUT2D eigenvalue weighted by Gasteiger charge is -2.38. The van der Waals surface area contributed by atoms with Gasteiger partial charge in [0, 0.05) is 18.3 Å². The molecule has 2 N–H and O–H groups in total. The summed E-state index contributed by atoms with van der Waals surface area (Å²) in [5, 5.41) is 0. The number of nitrogens with two attached hydrogens (primary N) is 1. The van der Waals surface area contributed by atoms with Gasteiger partial charge in [-0.1, -0.05) is 19.1 Å². The molecule has 1 fully saturated rings. The molecule has 0 aromatic heterocycles. The van der Waals surface area contributed by atoms with Crippen molar-refractivity contribution >= 4 is 5.69 Å². The van der Waals surface area contributed by atoms with Gasteiger partial charge in [-0.15, -0.1) is 0 Å². The average molecular weight is 218 g/mol. The first kappa shape index (κ1) is 11.5. The van der Waals surface area contributed by atoms with Crippen LogP contribution in [0.4, 0.5) is 5.69 Å². The van der Waals surface area contributed by atoms with Crippen LogP contribution in [-0.2, 0) is 6.54 Å². The molecular weight excluding hydrogens is 196 g/mol. The summed E-state index contributed by atoms with van der Waals surface area (Å²) in [5.74, 6) is 0.815. The molecule has 88 valence electrons. The highest BCUT2D eigenvalue weighted by Gasteiger charge is 2.24. The Morgan fingerprint density at radius 3 is 2.94 bits per heavy atom. The SMILES string of the molecule is CC1CCCN(Cc2cccc(N)c2)C1C. The van der Waals surface area contributed by atoms with E-state index in [0.717, 1.165) is 18.2 Å². The molecule has 0 saturated carbocycles. The normalized spacial score (nSPS) is 26.9. The fourth-order valence-corrected chi connectivity index (χ4v) is 2.57. The molecule has 1 aromatic carbocycles. The minimum Gasteiger partial charge on any atom is -0.399 e. The van der Waals surface area contributed by atoms with E-state index < -0.39 is 0 Å². The number of rotatable bonds is 2. The van der Waals surface area contributed by atoms with E-state index >= 15 is 0 Å². The number of nitrogens with zero attached hydrogens (tertiary/aromatic N) is 1. The quantitative estimate of drug-likeness (QED) is 0.773. The van der Waals surface area contributed by atoms with Crippen LogP contribution in [-0.4, -0.2) is 17.5 Å². The highest BCUT2D eigenvalue weighted by molar-refractivity contribution is 5.40. The minimum atomic E-state index is 0.690. The average Bonchev–Trinajstić information content (AvgIpc) is 2.25. The predicted molar refractivity (Wildman–Crippen MR) is 69.1 cm³/mol. The van der Waals surface area contributed by atoms with Gasteiger partial charge in [0.25, 0.3) is 0 Å². The van der Waals surface area contributed by atoms with E-state index in [1.54, 1.807) is 0 Å². The van der Waals surface area contributed by atoms with Crippen molar-refractivity contribution in [2.24, 2.45) is 5.92 Å². The van der Waals surface area contributed by atoms with Gasteiger partial charge in [0.15, 0.2) is 0 Å². The molecule has 1 saturated heterocycles. The van der Waals surface area contributed by atoms with E-state index in [1.165, 1.54) is 24.9 Å². The highest BCUT2D eigenvalue weighted by Crippen LogP contribution is 2.24. The molecule has 2 heteroatoms. The summed E-state index contributed by atoms with van der Waals surface area (Å²) >= 11 is 0. The Bertz CT molecular complexity index is 348. The second-order valence-corrected chi connectivity index (χ2v) is 5.08. The topological polar surface area (TPSA) is 29.3 Å². The molecule has 1 aliphatic rings. The summed E-state index contributed by atoms with van der Waals surface area (Å²) in [6.07, 6.45) is 2.70. The van der Waals surface area contributed by atoms with Crippen LogP contribution in [0.3, 0.4) is 0 Å². The van der Waals surface area contributed by atoms with Crippen molar-refractivity contribution in [3.8, 4) is 0 Å². The predicted octanol–water partition coefficient (Wildman–Crippen LogP) is 2.89. The largest absolute Gasteiger partial charge is 0.399 e. The number of hydrogen-bond acceptors (Lipinski definition) is 2. The number of piperidine rings is 1. The standard InChI is InChI=1S/C14H22N2/c1-11-5-4-8-16(12(11)2)10-13-6-3-7-14(15)9-13/h3,6-7,9,11-12H,4-5,8,10,15H2,1-2H3. The van der Waals surface area contributed by atoms with Crippen LogP contribution < -0.4 is 5.73 Å². The van der Waals surface area contributed by atoms with Crippen molar-refractivity contribution in [3.05, 3.63) is 29.8 Å². The van der Waals surface area contributed by atoms with E-state index in [1.807, 2.05) is 12.1 Å². The van der Waals surface area contributed by atoms with E-state index in [4.69, 9.17) is 5.73 Å². The van der Waals surface area contributed by atoms with Crippen molar-refractivity contribution in [2.45, 2.75) is 39.3 Å². The smallest absolute Gasteiger partial charge is 0.0317 e. The van der Waals surface area contributed by atoms with Gasteiger partial charge in [-0.3, -0.25) is 4.90 Å². The molecule has 0 aliphatic carbocycles. The summed E-state index contributed by atoms with van der Waals surface area (Å²) in [4.78, 5) is 2.57. The zero-order valence-corrected chi connectivity index (χ0v) is 10.3. The maximum Gasteiger partial charge on any atom is 0.0317 e. The van der Waals surface area contributed by atoms with Crippen LogP contribution >= 0.6 is 0 Å². The number of anilines is 1. The molecule has 0 spiro atoms. The maximum atomic E-state index is 5.81. The Morgan fingerprint density at radius 2 is 2.19 bits per heavy atom. The molecular formula is C14H22N2. The summed E-state index contributed by atoms with van der Waals surface area (Å²) < 4.78 is 0. The van der Waals surface area contributed by atoms with Crippen molar-refractivity contribution in [3.63, 3.8) is 0 Å².